The molecule has 2 nitrogen and oxygen atoms in total. The second-order valence-corrected chi connectivity index (χ2v) is 5.86. The Bertz CT molecular complexity index is 176. The van der Waals surface area contributed by atoms with Crippen LogP contribution in [-0.4, -0.2) is 37.6 Å². The molecular weight excluding hydrogens is 208 g/mol. The zero-order valence-electron chi connectivity index (χ0n) is 12.2. The van der Waals surface area contributed by atoms with Gasteiger partial charge in [-0.25, -0.2) is 0 Å². The minimum atomic E-state index is 0.631. The highest BCUT2D eigenvalue weighted by molar-refractivity contribution is 4.68. The number of nitrogens with zero attached hydrogens (tertiary/aromatic N) is 1. The Hall–Kier alpha value is -0.0800. The van der Waals surface area contributed by atoms with Crippen LogP contribution in [0.1, 0.15) is 58.8 Å². The molecule has 0 aromatic heterocycles. The zero-order chi connectivity index (χ0) is 12.5. The minimum absolute atomic E-state index is 0.631. The molecule has 0 aromatic rings. The maximum Gasteiger partial charge on any atom is 0.0166 e. The summed E-state index contributed by atoms with van der Waals surface area (Å²) in [5, 5.41) is 3.65. The molecule has 1 atom stereocenters. The fourth-order valence-electron chi connectivity index (χ4n) is 2.88. The van der Waals surface area contributed by atoms with Crippen molar-refractivity contribution in [3.05, 3.63) is 0 Å². The first-order chi connectivity index (χ1) is 8.22. The fraction of sp³-hybridized carbons (Fsp3) is 1.00. The molecule has 0 aromatic carbocycles. The summed E-state index contributed by atoms with van der Waals surface area (Å²) >= 11 is 0. The average molecular weight is 240 g/mol. The molecular formula is C15H32N2. The van der Waals surface area contributed by atoms with E-state index in [4.69, 9.17) is 0 Å². The van der Waals surface area contributed by atoms with Crippen LogP contribution in [0.15, 0.2) is 0 Å². The first-order valence-electron chi connectivity index (χ1n) is 7.64. The second-order valence-electron chi connectivity index (χ2n) is 5.86. The lowest BCUT2D eigenvalue weighted by molar-refractivity contribution is 0.300. The Morgan fingerprint density at radius 1 is 1.24 bits per heavy atom. The predicted molar refractivity (Wildman–Crippen MR) is 76.4 cm³/mol. The normalized spacial score (nSPS) is 19.8. The van der Waals surface area contributed by atoms with E-state index in [1.165, 1.54) is 58.0 Å². The molecule has 17 heavy (non-hydrogen) atoms. The van der Waals surface area contributed by atoms with E-state index < -0.39 is 0 Å². The smallest absolute Gasteiger partial charge is 0.0166 e. The first kappa shape index (κ1) is 15.0. The molecule has 1 aliphatic rings. The van der Waals surface area contributed by atoms with Crippen LogP contribution in [0.3, 0.4) is 0 Å². The topological polar surface area (TPSA) is 15.3 Å². The molecule has 0 saturated heterocycles. The van der Waals surface area contributed by atoms with Crippen molar-refractivity contribution >= 4 is 0 Å². The van der Waals surface area contributed by atoms with Gasteiger partial charge in [-0.1, -0.05) is 39.0 Å². The summed E-state index contributed by atoms with van der Waals surface area (Å²) < 4.78 is 0. The van der Waals surface area contributed by atoms with E-state index in [0.717, 1.165) is 12.5 Å². The Balaban J connectivity index is 1.95. The highest BCUT2D eigenvalue weighted by Gasteiger charge is 2.12. The van der Waals surface area contributed by atoms with Gasteiger partial charge in [0.05, 0.1) is 0 Å². The van der Waals surface area contributed by atoms with Crippen molar-refractivity contribution < 1.29 is 0 Å². The van der Waals surface area contributed by atoms with Crippen LogP contribution >= 0.6 is 0 Å². The van der Waals surface area contributed by atoms with E-state index in [0.29, 0.717) is 6.04 Å². The van der Waals surface area contributed by atoms with Gasteiger partial charge in [-0.15, -0.1) is 0 Å². The summed E-state index contributed by atoms with van der Waals surface area (Å²) in [5.41, 5.74) is 0. The summed E-state index contributed by atoms with van der Waals surface area (Å²) in [6, 6.07) is 0.631. The number of nitrogens with one attached hydrogen (secondary N) is 1. The molecule has 1 rings (SSSR count). The molecule has 1 unspecified atom stereocenters. The van der Waals surface area contributed by atoms with Gasteiger partial charge in [-0.2, -0.15) is 0 Å². The van der Waals surface area contributed by atoms with Gasteiger partial charge in [-0.3, -0.25) is 0 Å². The van der Waals surface area contributed by atoms with Gasteiger partial charge in [-0.05, 0) is 45.8 Å². The highest BCUT2D eigenvalue weighted by atomic mass is 15.1. The van der Waals surface area contributed by atoms with Crippen molar-refractivity contribution in [2.75, 3.05) is 26.7 Å². The highest BCUT2D eigenvalue weighted by Crippen LogP contribution is 2.26. The van der Waals surface area contributed by atoms with E-state index in [2.05, 4.69) is 31.1 Å². The van der Waals surface area contributed by atoms with Crippen LogP contribution in [-0.2, 0) is 0 Å². The molecule has 102 valence electrons. The van der Waals surface area contributed by atoms with Crippen molar-refractivity contribution in [1.82, 2.24) is 10.2 Å². The maximum atomic E-state index is 3.65. The minimum Gasteiger partial charge on any atom is -0.313 e. The Labute approximate surface area is 108 Å². The van der Waals surface area contributed by atoms with Crippen molar-refractivity contribution in [2.24, 2.45) is 5.92 Å². The van der Waals surface area contributed by atoms with Crippen LogP contribution in [0.25, 0.3) is 0 Å². The summed E-state index contributed by atoms with van der Waals surface area (Å²) in [6.45, 7) is 8.03. The molecule has 0 amide bonds. The predicted octanol–water partition coefficient (Wildman–Crippen LogP) is 3.28. The Kier molecular flexibility index (Phi) is 7.87. The third-order valence-corrected chi connectivity index (χ3v) is 4.13. The molecule has 1 fully saturated rings. The zero-order valence-corrected chi connectivity index (χ0v) is 12.2. The van der Waals surface area contributed by atoms with Crippen molar-refractivity contribution in [3.8, 4) is 0 Å². The first-order valence-corrected chi connectivity index (χ1v) is 7.64. The lowest BCUT2D eigenvalue weighted by atomic mass is 9.86. The van der Waals surface area contributed by atoms with Gasteiger partial charge in [0, 0.05) is 12.6 Å². The molecule has 1 saturated carbocycles. The molecule has 1 aliphatic carbocycles. The van der Waals surface area contributed by atoms with Crippen LogP contribution in [0.5, 0.6) is 0 Å². The van der Waals surface area contributed by atoms with E-state index in [1.54, 1.807) is 0 Å². The average Bonchev–Trinajstić information content (AvgIpc) is 2.36. The van der Waals surface area contributed by atoms with Gasteiger partial charge in [0.1, 0.15) is 0 Å². The molecule has 0 radical (unpaired) electrons. The third kappa shape index (κ3) is 7.05. The summed E-state index contributed by atoms with van der Waals surface area (Å²) in [4.78, 5) is 2.37. The summed E-state index contributed by atoms with van der Waals surface area (Å²) in [7, 11) is 2.19. The van der Waals surface area contributed by atoms with Crippen LogP contribution in [0.2, 0.25) is 0 Å². The quantitative estimate of drug-likeness (QED) is 0.655. The van der Waals surface area contributed by atoms with E-state index in [9.17, 15) is 0 Å². The van der Waals surface area contributed by atoms with Crippen molar-refractivity contribution in [2.45, 2.75) is 64.8 Å². The van der Waals surface area contributed by atoms with E-state index >= 15 is 0 Å². The van der Waals surface area contributed by atoms with Gasteiger partial charge < -0.3 is 10.2 Å². The fourth-order valence-corrected chi connectivity index (χ4v) is 2.88. The molecule has 1 N–H and O–H groups in total. The lowest BCUT2D eigenvalue weighted by Gasteiger charge is -2.23. The Morgan fingerprint density at radius 3 is 2.59 bits per heavy atom. The van der Waals surface area contributed by atoms with Gasteiger partial charge >= 0.3 is 0 Å². The maximum absolute atomic E-state index is 3.65. The molecule has 0 spiro atoms. The van der Waals surface area contributed by atoms with Crippen LogP contribution < -0.4 is 5.32 Å². The SMILES string of the molecule is CCN(C)CC(C)NCCCC1CCCCC1. The monoisotopic (exact) mass is 240 g/mol. The largest absolute Gasteiger partial charge is 0.313 e. The number of hydrogen-bond acceptors (Lipinski definition) is 2. The molecule has 0 heterocycles. The number of likely N-dealkylation sites (N-methyl/N-ethyl adjacent to an activating group) is 1. The van der Waals surface area contributed by atoms with Gasteiger partial charge in [0.15, 0.2) is 0 Å². The lowest BCUT2D eigenvalue weighted by Crippen LogP contribution is -2.37. The van der Waals surface area contributed by atoms with Gasteiger partial charge in [0.2, 0.25) is 0 Å². The molecule has 0 aliphatic heterocycles. The number of hydrogen-bond donors (Lipinski definition) is 1. The summed E-state index contributed by atoms with van der Waals surface area (Å²) in [5.74, 6) is 1.04. The third-order valence-electron chi connectivity index (χ3n) is 4.13. The Morgan fingerprint density at radius 2 is 1.94 bits per heavy atom. The van der Waals surface area contributed by atoms with Crippen LogP contribution in [0, 0.1) is 5.92 Å². The molecule has 2 heteroatoms. The van der Waals surface area contributed by atoms with E-state index in [1.807, 2.05) is 0 Å². The second kappa shape index (κ2) is 8.93. The van der Waals surface area contributed by atoms with Crippen molar-refractivity contribution in [3.63, 3.8) is 0 Å². The summed E-state index contributed by atoms with van der Waals surface area (Å²) in [6.07, 6.45) is 10.2. The van der Waals surface area contributed by atoms with Crippen LogP contribution in [0.4, 0.5) is 0 Å². The van der Waals surface area contributed by atoms with E-state index in [-0.39, 0.29) is 0 Å². The molecule has 0 bridgehead atoms. The van der Waals surface area contributed by atoms with Crippen molar-refractivity contribution in [1.29, 1.82) is 0 Å². The van der Waals surface area contributed by atoms with Gasteiger partial charge in [0.25, 0.3) is 0 Å². The standard InChI is InChI=1S/C15H32N2/c1-4-17(3)13-14(2)16-12-8-11-15-9-6-5-7-10-15/h14-16H,4-13H2,1-3H3. The number of rotatable bonds is 8.